The van der Waals surface area contributed by atoms with Gasteiger partial charge in [0.1, 0.15) is 5.82 Å². The second-order valence-electron chi connectivity index (χ2n) is 4.87. The summed E-state index contributed by atoms with van der Waals surface area (Å²) in [7, 11) is 0. The van der Waals surface area contributed by atoms with Gasteiger partial charge in [0.25, 0.3) is 0 Å². The molecule has 0 spiro atoms. The zero-order valence-electron chi connectivity index (χ0n) is 11.3. The SMILES string of the molecule is CCSC1CCC(Nc2ccc(C(=O)O)c(C)n2)C1. The smallest absolute Gasteiger partial charge is 0.337 e. The van der Waals surface area contributed by atoms with Gasteiger partial charge in [0.2, 0.25) is 0 Å². The van der Waals surface area contributed by atoms with Gasteiger partial charge >= 0.3 is 5.97 Å². The van der Waals surface area contributed by atoms with E-state index < -0.39 is 5.97 Å². The molecule has 2 rings (SSSR count). The van der Waals surface area contributed by atoms with Crippen molar-refractivity contribution in [3.8, 4) is 0 Å². The van der Waals surface area contributed by atoms with Crippen molar-refractivity contribution in [2.45, 2.75) is 44.4 Å². The third-order valence-electron chi connectivity index (χ3n) is 3.46. The number of hydrogen-bond donors (Lipinski definition) is 2. The van der Waals surface area contributed by atoms with Crippen molar-refractivity contribution < 1.29 is 9.90 Å². The van der Waals surface area contributed by atoms with E-state index in [0.29, 0.717) is 11.7 Å². The molecule has 1 saturated carbocycles. The number of carboxylic acid groups (broad SMARTS) is 1. The lowest BCUT2D eigenvalue weighted by molar-refractivity contribution is 0.0695. The Bertz CT molecular complexity index is 465. The Labute approximate surface area is 118 Å². The van der Waals surface area contributed by atoms with Crippen LogP contribution in [0.5, 0.6) is 0 Å². The first-order chi connectivity index (χ1) is 9.10. The summed E-state index contributed by atoms with van der Waals surface area (Å²) < 4.78 is 0. The van der Waals surface area contributed by atoms with E-state index in [4.69, 9.17) is 5.11 Å². The predicted molar refractivity (Wildman–Crippen MR) is 79.1 cm³/mol. The van der Waals surface area contributed by atoms with Gasteiger partial charge < -0.3 is 10.4 Å². The van der Waals surface area contributed by atoms with Crippen LogP contribution in [-0.4, -0.2) is 33.1 Å². The number of rotatable bonds is 5. The quantitative estimate of drug-likeness (QED) is 0.867. The highest BCUT2D eigenvalue weighted by atomic mass is 32.2. The number of hydrogen-bond acceptors (Lipinski definition) is 4. The van der Waals surface area contributed by atoms with Gasteiger partial charge in [-0.25, -0.2) is 9.78 Å². The largest absolute Gasteiger partial charge is 0.478 e. The van der Waals surface area contributed by atoms with Gasteiger partial charge in [0.15, 0.2) is 0 Å². The van der Waals surface area contributed by atoms with E-state index in [1.165, 1.54) is 25.0 Å². The van der Waals surface area contributed by atoms with Crippen LogP contribution in [0.1, 0.15) is 42.2 Å². The maximum absolute atomic E-state index is 10.9. The third-order valence-corrected chi connectivity index (χ3v) is 4.69. The summed E-state index contributed by atoms with van der Waals surface area (Å²) in [6.07, 6.45) is 3.58. The summed E-state index contributed by atoms with van der Waals surface area (Å²) in [6.45, 7) is 3.93. The van der Waals surface area contributed by atoms with E-state index in [9.17, 15) is 4.79 Å². The minimum atomic E-state index is -0.920. The van der Waals surface area contributed by atoms with E-state index in [1.54, 1.807) is 19.1 Å². The van der Waals surface area contributed by atoms with E-state index >= 15 is 0 Å². The number of aryl methyl sites for hydroxylation is 1. The maximum atomic E-state index is 10.9. The van der Waals surface area contributed by atoms with Gasteiger partial charge in [0.05, 0.1) is 11.3 Å². The van der Waals surface area contributed by atoms with Crippen LogP contribution in [0.25, 0.3) is 0 Å². The fourth-order valence-corrected chi connectivity index (χ4v) is 3.68. The minimum absolute atomic E-state index is 0.274. The van der Waals surface area contributed by atoms with E-state index in [-0.39, 0.29) is 5.56 Å². The van der Waals surface area contributed by atoms with Crippen LogP contribution in [0.2, 0.25) is 0 Å². The van der Waals surface area contributed by atoms with Crippen LogP contribution < -0.4 is 5.32 Å². The maximum Gasteiger partial charge on any atom is 0.337 e. The molecular weight excluding hydrogens is 260 g/mol. The molecule has 4 nitrogen and oxygen atoms in total. The lowest BCUT2D eigenvalue weighted by Crippen LogP contribution is -2.17. The second-order valence-corrected chi connectivity index (χ2v) is 6.44. The van der Waals surface area contributed by atoms with Gasteiger partial charge in [-0.3, -0.25) is 0 Å². The Morgan fingerprint density at radius 3 is 2.95 bits per heavy atom. The van der Waals surface area contributed by atoms with Crippen LogP contribution in [0.4, 0.5) is 5.82 Å². The van der Waals surface area contributed by atoms with Gasteiger partial charge in [0, 0.05) is 11.3 Å². The molecule has 2 unspecified atom stereocenters. The Morgan fingerprint density at radius 2 is 2.32 bits per heavy atom. The molecule has 0 saturated heterocycles. The Hall–Kier alpha value is -1.23. The van der Waals surface area contributed by atoms with E-state index in [2.05, 4.69) is 17.2 Å². The van der Waals surface area contributed by atoms with Gasteiger partial charge in [-0.1, -0.05) is 6.92 Å². The normalized spacial score (nSPS) is 22.4. The van der Waals surface area contributed by atoms with Crippen molar-refractivity contribution in [3.63, 3.8) is 0 Å². The van der Waals surface area contributed by atoms with Crippen LogP contribution >= 0.6 is 11.8 Å². The molecule has 2 atom stereocenters. The van der Waals surface area contributed by atoms with E-state index in [0.717, 1.165) is 11.1 Å². The van der Waals surface area contributed by atoms with Crippen LogP contribution in [0.3, 0.4) is 0 Å². The number of aromatic carboxylic acids is 1. The highest BCUT2D eigenvalue weighted by molar-refractivity contribution is 7.99. The van der Waals surface area contributed by atoms with Crippen molar-refractivity contribution in [2.24, 2.45) is 0 Å². The predicted octanol–water partition coefficient (Wildman–Crippen LogP) is 3.17. The number of thioether (sulfide) groups is 1. The number of anilines is 1. The molecule has 5 heteroatoms. The molecule has 104 valence electrons. The first-order valence-corrected chi connectivity index (χ1v) is 7.74. The molecule has 1 fully saturated rings. The molecule has 0 bridgehead atoms. The summed E-state index contributed by atoms with van der Waals surface area (Å²) >= 11 is 2.02. The Balaban J connectivity index is 1.97. The number of pyridine rings is 1. The molecule has 0 aliphatic heterocycles. The molecule has 0 amide bonds. The number of nitrogens with zero attached hydrogens (tertiary/aromatic N) is 1. The van der Waals surface area contributed by atoms with E-state index in [1.807, 2.05) is 11.8 Å². The highest BCUT2D eigenvalue weighted by Crippen LogP contribution is 2.31. The molecule has 0 radical (unpaired) electrons. The fraction of sp³-hybridized carbons (Fsp3) is 0.571. The summed E-state index contributed by atoms with van der Waals surface area (Å²) in [5.74, 6) is 1.04. The molecule has 1 aliphatic carbocycles. The average Bonchev–Trinajstić information content (AvgIpc) is 2.76. The van der Waals surface area contributed by atoms with Crippen LogP contribution in [0.15, 0.2) is 12.1 Å². The first-order valence-electron chi connectivity index (χ1n) is 6.69. The van der Waals surface area contributed by atoms with Gasteiger partial charge in [-0.15, -0.1) is 0 Å². The number of carbonyl (C=O) groups is 1. The summed E-state index contributed by atoms with van der Waals surface area (Å²) in [5.41, 5.74) is 0.839. The van der Waals surface area contributed by atoms with Crippen molar-refractivity contribution in [1.82, 2.24) is 4.98 Å². The lowest BCUT2D eigenvalue weighted by atomic mass is 10.2. The fourth-order valence-electron chi connectivity index (χ4n) is 2.53. The standard InChI is InChI=1S/C14H20N2O2S/c1-3-19-11-5-4-10(8-11)16-13-7-6-12(14(17)18)9(2)15-13/h6-7,10-11H,3-5,8H2,1-2H3,(H,15,16)(H,17,18). The number of carboxylic acids is 1. The second kappa shape index (κ2) is 6.28. The summed E-state index contributed by atoms with van der Waals surface area (Å²) in [5, 5.41) is 13.1. The van der Waals surface area contributed by atoms with Crippen LogP contribution in [-0.2, 0) is 0 Å². The number of aromatic nitrogens is 1. The van der Waals surface area contributed by atoms with Crippen LogP contribution in [0, 0.1) is 6.92 Å². The zero-order chi connectivity index (χ0) is 13.8. The van der Waals surface area contributed by atoms with Crippen molar-refractivity contribution in [1.29, 1.82) is 0 Å². The third kappa shape index (κ3) is 3.62. The van der Waals surface area contributed by atoms with Gasteiger partial charge in [-0.05, 0) is 44.1 Å². The molecule has 19 heavy (non-hydrogen) atoms. The molecule has 1 aromatic rings. The topological polar surface area (TPSA) is 62.2 Å². The minimum Gasteiger partial charge on any atom is -0.478 e. The van der Waals surface area contributed by atoms with Crippen molar-refractivity contribution >= 4 is 23.5 Å². The molecule has 1 heterocycles. The monoisotopic (exact) mass is 280 g/mol. The Kier molecular flexibility index (Phi) is 4.69. The summed E-state index contributed by atoms with van der Waals surface area (Å²) in [6, 6.07) is 3.85. The molecule has 2 N–H and O–H groups in total. The van der Waals surface area contributed by atoms with Gasteiger partial charge in [-0.2, -0.15) is 11.8 Å². The van der Waals surface area contributed by atoms with Crippen molar-refractivity contribution in [3.05, 3.63) is 23.4 Å². The first kappa shape index (κ1) is 14.2. The molecular formula is C14H20N2O2S. The average molecular weight is 280 g/mol. The summed E-state index contributed by atoms with van der Waals surface area (Å²) in [4.78, 5) is 15.3. The highest BCUT2D eigenvalue weighted by Gasteiger charge is 2.24. The number of nitrogens with one attached hydrogen (secondary N) is 1. The lowest BCUT2D eigenvalue weighted by Gasteiger charge is -2.14. The Morgan fingerprint density at radius 1 is 1.53 bits per heavy atom. The zero-order valence-corrected chi connectivity index (χ0v) is 12.2. The molecule has 1 aromatic heterocycles. The van der Waals surface area contributed by atoms with Crippen molar-refractivity contribution in [2.75, 3.05) is 11.1 Å². The molecule has 1 aliphatic rings. The molecule has 0 aromatic carbocycles.